The molecule has 2 N–H and O–H groups in total. The standard InChI is InChI=1S/C14H16N2/c1-10(2)9-13(15)12-7-3-5-11-6-4-8-16-14(11)12/h3-9,13H,15H2,1-2H3. The second-order valence-electron chi connectivity index (χ2n) is 4.19. The molecule has 0 saturated carbocycles. The number of aromatic nitrogens is 1. The van der Waals surface area contributed by atoms with E-state index in [4.69, 9.17) is 5.73 Å². The highest BCUT2D eigenvalue weighted by atomic mass is 14.7. The van der Waals surface area contributed by atoms with E-state index in [-0.39, 0.29) is 6.04 Å². The Morgan fingerprint density at radius 2 is 2.00 bits per heavy atom. The van der Waals surface area contributed by atoms with Gasteiger partial charge in [-0.2, -0.15) is 0 Å². The van der Waals surface area contributed by atoms with Gasteiger partial charge in [0.05, 0.1) is 11.6 Å². The van der Waals surface area contributed by atoms with Crippen LogP contribution in [-0.4, -0.2) is 4.98 Å². The van der Waals surface area contributed by atoms with E-state index in [1.807, 2.05) is 18.2 Å². The number of fused-ring (bicyclic) bond motifs is 1. The van der Waals surface area contributed by atoms with Crippen LogP contribution in [0.5, 0.6) is 0 Å². The van der Waals surface area contributed by atoms with E-state index in [0.717, 1.165) is 16.5 Å². The Morgan fingerprint density at radius 1 is 1.25 bits per heavy atom. The van der Waals surface area contributed by atoms with Gasteiger partial charge in [-0.1, -0.05) is 35.9 Å². The molecule has 2 nitrogen and oxygen atoms in total. The highest BCUT2D eigenvalue weighted by molar-refractivity contribution is 5.82. The number of pyridine rings is 1. The largest absolute Gasteiger partial charge is 0.321 e. The third-order valence-corrected chi connectivity index (χ3v) is 2.54. The van der Waals surface area contributed by atoms with Gasteiger partial charge >= 0.3 is 0 Å². The molecule has 1 aromatic heterocycles. The van der Waals surface area contributed by atoms with Crippen LogP contribution in [0.3, 0.4) is 0 Å². The van der Waals surface area contributed by atoms with Gasteiger partial charge in [0.25, 0.3) is 0 Å². The lowest BCUT2D eigenvalue weighted by Gasteiger charge is -2.10. The summed E-state index contributed by atoms with van der Waals surface area (Å²) < 4.78 is 0. The maximum absolute atomic E-state index is 6.15. The van der Waals surface area contributed by atoms with E-state index >= 15 is 0 Å². The lowest BCUT2D eigenvalue weighted by Crippen LogP contribution is -2.08. The quantitative estimate of drug-likeness (QED) is 0.776. The Bertz CT molecular complexity index is 520. The molecule has 0 aliphatic carbocycles. The minimum absolute atomic E-state index is 0.0800. The van der Waals surface area contributed by atoms with Crippen LogP contribution in [0, 0.1) is 0 Å². The van der Waals surface area contributed by atoms with E-state index in [0.29, 0.717) is 0 Å². The first-order valence-corrected chi connectivity index (χ1v) is 5.43. The zero-order valence-corrected chi connectivity index (χ0v) is 9.64. The van der Waals surface area contributed by atoms with Crippen molar-refractivity contribution in [2.75, 3.05) is 0 Å². The van der Waals surface area contributed by atoms with E-state index in [1.165, 1.54) is 5.57 Å². The average molecular weight is 212 g/mol. The van der Waals surface area contributed by atoms with Crippen molar-refractivity contribution < 1.29 is 0 Å². The zero-order valence-electron chi connectivity index (χ0n) is 9.64. The summed E-state index contributed by atoms with van der Waals surface area (Å²) in [6, 6.07) is 10.0. The first-order valence-electron chi connectivity index (χ1n) is 5.43. The van der Waals surface area contributed by atoms with Gasteiger partial charge in [0.15, 0.2) is 0 Å². The van der Waals surface area contributed by atoms with Crippen molar-refractivity contribution >= 4 is 10.9 Å². The summed E-state index contributed by atoms with van der Waals surface area (Å²) in [5, 5.41) is 1.14. The highest BCUT2D eigenvalue weighted by Gasteiger charge is 2.07. The fourth-order valence-electron chi connectivity index (χ4n) is 1.85. The fourth-order valence-corrected chi connectivity index (χ4v) is 1.85. The summed E-state index contributed by atoms with van der Waals surface area (Å²) in [5.74, 6) is 0. The minimum Gasteiger partial charge on any atom is -0.321 e. The molecule has 16 heavy (non-hydrogen) atoms. The summed E-state index contributed by atoms with van der Waals surface area (Å²) in [7, 11) is 0. The molecule has 2 aromatic rings. The summed E-state index contributed by atoms with van der Waals surface area (Å²) in [6.07, 6.45) is 3.87. The molecule has 2 rings (SSSR count). The molecule has 1 atom stereocenters. The molecule has 0 amide bonds. The molecule has 2 heteroatoms. The third kappa shape index (κ3) is 2.12. The number of hydrogen-bond donors (Lipinski definition) is 1. The number of allylic oxidation sites excluding steroid dienone is 1. The van der Waals surface area contributed by atoms with Gasteiger partial charge in [-0.3, -0.25) is 4.98 Å². The van der Waals surface area contributed by atoms with Crippen molar-refractivity contribution in [1.29, 1.82) is 0 Å². The highest BCUT2D eigenvalue weighted by Crippen LogP contribution is 2.22. The summed E-state index contributed by atoms with van der Waals surface area (Å²) in [6.45, 7) is 4.11. The predicted molar refractivity (Wildman–Crippen MR) is 68.1 cm³/mol. The van der Waals surface area contributed by atoms with Crippen LogP contribution >= 0.6 is 0 Å². The molecule has 0 aliphatic rings. The molecule has 82 valence electrons. The minimum atomic E-state index is -0.0800. The normalized spacial score (nSPS) is 12.4. The van der Waals surface area contributed by atoms with E-state index in [1.54, 1.807) is 6.20 Å². The van der Waals surface area contributed by atoms with E-state index < -0.39 is 0 Å². The molecular weight excluding hydrogens is 196 g/mol. The van der Waals surface area contributed by atoms with Crippen LogP contribution in [-0.2, 0) is 0 Å². The van der Waals surface area contributed by atoms with E-state index in [9.17, 15) is 0 Å². The predicted octanol–water partition coefficient (Wildman–Crippen LogP) is 3.20. The van der Waals surface area contributed by atoms with Gasteiger partial charge in [0.1, 0.15) is 0 Å². The monoisotopic (exact) mass is 212 g/mol. The smallest absolute Gasteiger partial charge is 0.0752 e. The molecule has 0 fully saturated rings. The lowest BCUT2D eigenvalue weighted by atomic mass is 10.0. The molecule has 0 aliphatic heterocycles. The maximum Gasteiger partial charge on any atom is 0.0752 e. The van der Waals surface area contributed by atoms with Crippen molar-refractivity contribution in [3.8, 4) is 0 Å². The maximum atomic E-state index is 6.15. The molecule has 1 heterocycles. The fraction of sp³-hybridized carbons (Fsp3) is 0.214. The van der Waals surface area contributed by atoms with Gasteiger partial charge in [0, 0.05) is 11.6 Å². The SMILES string of the molecule is CC(C)=CC(N)c1cccc2cccnc12. The second-order valence-corrected chi connectivity index (χ2v) is 4.19. The van der Waals surface area contributed by atoms with Gasteiger partial charge < -0.3 is 5.73 Å². The number of nitrogens with two attached hydrogens (primary N) is 1. The Morgan fingerprint density at radius 3 is 2.75 bits per heavy atom. The molecule has 1 unspecified atom stereocenters. The average Bonchev–Trinajstić information content (AvgIpc) is 2.27. The van der Waals surface area contributed by atoms with Crippen LogP contribution in [0.15, 0.2) is 48.2 Å². The summed E-state index contributed by atoms with van der Waals surface area (Å²) in [4.78, 5) is 4.40. The summed E-state index contributed by atoms with van der Waals surface area (Å²) in [5.41, 5.74) is 9.45. The Hall–Kier alpha value is -1.67. The van der Waals surface area contributed by atoms with Crippen molar-refractivity contribution in [3.05, 3.63) is 53.7 Å². The number of benzene rings is 1. The van der Waals surface area contributed by atoms with Crippen molar-refractivity contribution in [2.45, 2.75) is 19.9 Å². The Kier molecular flexibility index (Phi) is 3.02. The van der Waals surface area contributed by atoms with Gasteiger partial charge in [0.2, 0.25) is 0 Å². The van der Waals surface area contributed by atoms with Crippen LogP contribution in [0.2, 0.25) is 0 Å². The van der Waals surface area contributed by atoms with Gasteiger partial charge in [-0.25, -0.2) is 0 Å². The number of rotatable bonds is 2. The van der Waals surface area contributed by atoms with Crippen LogP contribution < -0.4 is 5.73 Å². The number of hydrogen-bond acceptors (Lipinski definition) is 2. The molecular formula is C14H16N2. The topological polar surface area (TPSA) is 38.9 Å². The number of nitrogens with zero attached hydrogens (tertiary/aromatic N) is 1. The molecule has 0 spiro atoms. The molecule has 0 saturated heterocycles. The first kappa shape index (κ1) is 10.8. The van der Waals surface area contributed by atoms with Gasteiger partial charge in [-0.05, 0) is 25.5 Å². The zero-order chi connectivity index (χ0) is 11.5. The summed E-state index contributed by atoms with van der Waals surface area (Å²) >= 11 is 0. The van der Waals surface area contributed by atoms with Crippen LogP contribution in [0.4, 0.5) is 0 Å². The first-order chi connectivity index (χ1) is 7.68. The molecule has 1 aromatic carbocycles. The van der Waals surface area contributed by atoms with Crippen molar-refractivity contribution in [1.82, 2.24) is 4.98 Å². The molecule has 0 radical (unpaired) electrons. The third-order valence-electron chi connectivity index (χ3n) is 2.54. The molecule has 0 bridgehead atoms. The number of para-hydroxylation sites is 1. The van der Waals surface area contributed by atoms with Crippen molar-refractivity contribution in [2.24, 2.45) is 5.73 Å². The Labute approximate surface area is 95.8 Å². The Balaban J connectivity index is 2.56. The van der Waals surface area contributed by atoms with Crippen LogP contribution in [0.1, 0.15) is 25.5 Å². The van der Waals surface area contributed by atoms with Crippen molar-refractivity contribution in [3.63, 3.8) is 0 Å². The van der Waals surface area contributed by atoms with Gasteiger partial charge in [-0.15, -0.1) is 0 Å². The second kappa shape index (κ2) is 4.45. The van der Waals surface area contributed by atoms with E-state index in [2.05, 4.69) is 37.0 Å². The lowest BCUT2D eigenvalue weighted by molar-refractivity contribution is 0.905. The van der Waals surface area contributed by atoms with Crippen LogP contribution in [0.25, 0.3) is 10.9 Å².